The Balaban J connectivity index is 1.70. The monoisotopic (exact) mass is 370 g/mol. The van der Waals surface area contributed by atoms with E-state index in [0.29, 0.717) is 10.8 Å². The summed E-state index contributed by atoms with van der Waals surface area (Å²) < 4.78 is 15.6. The molecule has 7 heteroatoms. The maximum atomic E-state index is 12.0. The van der Waals surface area contributed by atoms with Crippen molar-refractivity contribution in [1.29, 1.82) is 0 Å². The highest BCUT2D eigenvalue weighted by Gasteiger charge is 2.14. The standard InChI is InChI=1S/C19H15ClN2O4/c1-24-18-10-13(12-21-22-15-5-2-4-14(20)11-15)7-8-16(18)26-19(23)17-6-3-9-25-17/h2-12,22H,1H3/b21-12+. The molecular weight excluding hydrogens is 356 g/mol. The van der Waals surface area contributed by atoms with Crippen molar-refractivity contribution >= 4 is 29.5 Å². The minimum absolute atomic E-state index is 0.114. The molecule has 0 radical (unpaired) electrons. The third kappa shape index (κ3) is 4.43. The fraction of sp³-hybridized carbons (Fsp3) is 0.0526. The Morgan fingerprint density at radius 3 is 2.77 bits per heavy atom. The number of benzene rings is 2. The summed E-state index contributed by atoms with van der Waals surface area (Å²) in [5.74, 6) is 0.200. The molecule has 0 fully saturated rings. The summed E-state index contributed by atoms with van der Waals surface area (Å²) in [5, 5.41) is 4.77. The topological polar surface area (TPSA) is 73.1 Å². The quantitative estimate of drug-likeness (QED) is 0.297. The average molecular weight is 371 g/mol. The van der Waals surface area contributed by atoms with E-state index in [1.165, 1.54) is 19.4 Å². The second-order valence-electron chi connectivity index (χ2n) is 5.16. The average Bonchev–Trinajstić information content (AvgIpc) is 3.18. The van der Waals surface area contributed by atoms with E-state index < -0.39 is 5.97 Å². The molecule has 0 saturated carbocycles. The van der Waals surface area contributed by atoms with Crippen LogP contribution in [0.4, 0.5) is 5.69 Å². The van der Waals surface area contributed by atoms with Gasteiger partial charge >= 0.3 is 5.97 Å². The van der Waals surface area contributed by atoms with E-state index in [9.17, 15) is 4.79 Å². The summed E-state index contributed by atoms with van der Waals surface area (Å²) in [7, 11) is 1.49. The molecule has 3 aromatic rings. The summed E-state index contributed by atoms with van der Waals surface area (Å²) in [4.78, 5) is 12.0. The van der Waals surface area contributed by atoms with Crippen LogP contribution in [0.1, 0.15) is 16.1 Å². The number of methoxy groups -OCH3 is 1. The molecule has 2 aromatic carbocycles. The molecule has 0 aliphatic carbocycles. The van der Waals surface area contributed by atoms with Gasteiger partial charge in [-0.05, 0) is 54.1 Å². The van der Waals surface area contributed by atoms with Crippen LogP contribution in [0.2, 0.25) is 5.02 Å². The fourth-order valence-electron chi connectivity index (χ4n) is 2.13. The first-order valence-electron chi connectivity index (χ1n) is 7.64. The minimum Gasteiger partial charge on any atom is -0.493 e. The highest BCUT2D eigenvalue weighted by Crippen LogP contribution is 2.28. The van der Waals surface area contributed by atoms with Gasteiger partial charge in [-0.1, -0.05) is 17.7 Å². The van der Waals surface area contributed by atoms with Crippen molar-refractivity contribution < 1.29 is 18.7 Å². The Labute approximate surface area is 155 Å². The van der Waals surface area contributed by atoms with Crippen LogP contribution >= 0.6 is 11.6 Å². The molecule has 132 valence electrons. The normalized spacial score (nSPS) is 10.7. The molecule has 1 aromatic heterocycles. The number of anilines is 1. The smallest absolute Gasteiger partial charge is 0.379 e. The number of furan rings is 1. The van der Waals surface area contributed by atoms with Gasteiger partial charge in [-0.25, -0.2) is 4.79 Å². The fourth-order valence-corrected chi connectivity index (χ4v) is 2.32. The van der Waals surface area contributed by atoms with E-state index >= 15 is 0 Å². The predicted molar refractivity (Wildman–Crippen MR) is 99.3 cm³/mol. The van der Waals surface area contributed by atoms with Crippen molar-refractivity contribution in [3.8, 4) is 11.5 Å². The van der Waals surface area contributed by atoms with Crippen LogP contribution in [-0.2, 0) is 0 Å². The highest BCUT2D eigenvalue weighted by atomic mass is 35.5. The highest BCUT2D eigenvalue weighted by molar-refractivity contribution is 6.30. The molecule has 3 rings (SSSR count). The molecule has 6 nitrogen and oxygen atoms in total. The Morgan fingerprint density at radius 1 is 1.15 bits per heavy atom. The molecule has 0 unspecified atom stereocenters. The molecular formula is C19H15ClN2O4. The SMILES string of the molecule is COc1cc(/C=N/Nc2cccc(Cl)c2)ccc1OC(=O)c1ccco1. The molecule has 0 aliphatic heterocycles. The molecule has 1 N–H and O–H groups in total. The van der Waals surface area contributed by atoms with Crippen LogP contribution in [0.3, 0.4) is 0 Å². The van der Waals surface area contributed by atoms with Crippen molar-refractivity contribution in [2.24, 2.45) is 5.10 Å². The Morgan fingerprint density at radius 2 is 2.04 bits per heavy atom. The number of halogens is 1. The van der Waals surface area contributed by atoms with Gasteiger partial charge in [0.1, 0.15) is 0 Å². The molecule has 0 saturated heterocycles. The number of rotatable bonds is 6. The molecule has 0 atom stereocenters. The number of hydrogen-bond donors (Lipinski definition) is 1. The lowest BCUT2D eigenvalue weighted by atomic mass is 10.2. The van der Waals surface area contributed by atoms with E-state index in [4.69, 9.17) is 25.5 Å². The Bertz CT molecular complexity index is 923. The van der Waals surface area contributed by atoms with E-state index in [-0.39, 0.29) is 11.5 Å². The van der Waals surface area contributed by atoms with Gasteiger partial charge in [0.05, 0.1) is 25.3 Å². The molecule has 0 spiro atoms. The second-order valence-corrected chi connectivity index (χ2v) is 5.59. The lowest BCUT2D eigenvalue weighted by Crippen LogP contribution is -2.08. The largest absolute Gasteiger partial charge is 0.493 e. The zero-order valence-corrected chi connectivity index (χ0v) is 14.6. The first-order chi connectivity index (χ1) is 12.7. The van der Waals surface area contributed by atoms with Gasteiger partial charge in [0.25, 0.3) is 0 Å². The van der Waals surface area contributed by atoms with E-state index in [0.717, 1.165) is 11.3 Å². The first-order valence-corrected chi connectivity index (χ1v) is 8.02. The van der Waals surface area contributed by atoms with Gasteiger partial charge in [-0.2, -0.15) is 5.10 Å². The van der Waals surface area contributed by atoms with Crippen molar-refractivity contribution in [2.75, 3.05) is 12.5 Å². The van der Waals surface area contributed by atoms with Gasteiger partial charge in [-0.3, -0.25) is 5.43 Å². The van der Waals surface area contributed by atoms with Crippen molar-refractivity contribution in [3.63, 3.8) is 0 Å². The molecule has 26 heavy (non-hydrogen) atoms. The molecule has 0 bridgehead atoms. The van der Waals surface area contributed by atoms with Crippen LogP contribution in [-0.4, -0.2) is 19.3 Å². The maximum absolute atomic E-state index is 12.0. The number of carbonyl (C=O) groups excluding carboxylic acids is 1. The lowest BCUT2D eigenvalue weighted by molar-refractivity contribution is 0.0696. The number of nitrogens with zero attached hydrogens (tertiary/aromatic N) is 1. The van der Waals surface area contributed by atoms with E-state index in [2.05, 4.69) is 10.5 Å². The summed E-state index contributed by atoms with van der Waals surface area (Å²) in [6.45, 7) is 0. The summed E-state index contributed by atoms with van der Waals surface area (Å²) >= 11 is 5.92. The molecule has 1 heterocycles. The first kappa shape index (κ1) is 17.6. The van der Waals surface area contributed by atoms with Crippen molar-refractivity contribution in [2.45, 2.75) is 0 Å². The van der Waals surface area contributed by atoms with Gasteiger partial charge < -0.3 is 13.9 Å². The van der Waals surface area contributed by atoms with E-state index in [1.54, 1.807) is 42.6 Å². The van der Waals surface area contributed by atoms with Crippen LogP contribution in [0, 0.1) is 0 Å². The van der Waals surface area contributed by atoms with E-state index in [1.807, 2.05) is 12.1 Å². The maximum Gasteiger partial charge on any atom is 0.379 e. The number of hydrazone groups is 1. The Hall–Kier alpha value is -3.25. The third-order valence-electron chi connectivity index (χ3n) is 3.34. The summed E-state index contributed by atoms with van der Waals surface area (Å²) in [5.41, 5.74) is 4.41. The number of nitrogens with one attached hydrogen (secondary N) is 1. The number of ether oxygens (including phenoxy) is 2. The van der Waals surface area contributed by atoms with Crippen molar-refractivity contribution in [1.82, 2.24) is 0 Å². The molecule has 0 aliphatic rings. The van der Waals surface area contributed by atoms with Crippen LogP contribution in [0.5, 0.6) is 11.5 Å². The number of esters is 1. The third-order valence-corrected chi connectivity index (χ3v) is 3.58. The minimum atomic E-state index is -0.600. The molecule has 0 amide bonds. The summed E-state index contributed by atoms with van der Waals surface area (Å²) in [6.07, 6.45) is 3.02. The second kappa shape index (κ2) is 8.22. The number of hydrogen-bond acceptors (Lipinski definition) is 6. The van der Waals surface area contributed by atoms with Gasteiger partial charge in [0.15, 0.2) is 11.5 Å². The van der Waals surface area contributed by atoms with Gasteiger partial charge in [0, 0.05) is 5.02 Å². The van der Waals surface area contributed by atoms with Gasteiger partial charge in [0.2, 0.25) is 5.76 Å². The van der Waals surface area contributed by atoms with Crippen LogP contribution in [0.25, 0.3) is 0 Å². The number of carbonyl (C=O) groups is 1. The Kier molecular flexibility index (Phi) is 5.56. The zero-order valence-electron chi connectivity index (χ0n) is 13.8. The summed E-state index contributed by atoms with van der Waals surface area (Å²) in [6, 6.07) is 15.4. The zero-order chi connectivity index (χ0) is 18.4. The van der Waals surface area contributed by atoms with Gasteiger partial charge in [-0.15, -0.1) is 0 Å². The van der Waals surface area contributed by atoms with Crippen molar-refractivity contribution in [3.05, 3.63) is 77.2 Å². The predicted octanol–water partition coefficient (Wildman–Crippen LogP) is 4.61. The van der Waals surface area contributed by atoms with Crippen LogP contribution < -0.4 is 14.9 Å². The van der Waals surface area contributed by atoms with Crippen LogP contribution in [0.15, 0.2) is 70.4 Å². The lowest BCUT2D eigenvalue weighted by Gasteiger charge is -2.09.